The Balaban J connectivity index is 1.59. The van der Waals surface area contributed by atoms with E-state index in [0.29, 0.717) is 23.0 Å². The summed E-state index contributed by atoms with van der Waals surface area (Å²) in [6, 6.07) is 28.8. The molecular weight excluding hydrogens is 480 g/mol. The van der Waals surface area contributed by atoms with Gasteiger partial charge in [-0.1, -0.05) is 66.8 Å². The number of hydrogen-bond donors (Lipinski definition) is 2. The first-order valence-corrected chi connectivity index (χ1v) is 12.3. The zero-order valence-electron chi connectivity index (χ0n) is 20.3. The summed E-state index contributed by atoms with van der Waals surface area (Å²) in [6.07, 6.45) is 3.46. The summed E-state index contributed by atoms with van der Waals surface area (Å²) in [5.74, 6) is 0.505. The molecule has 1 atom stereocenters. The van der Waals surface area contributed by atoms with Crippen LogP contribution in [0.2, 0.25) is 0 Å². The summed E-state index contributed by atoms with van der Waals surface area (Å²) in [4.78, 5) is 18.4. The number of rotatable bonds is 8. The van der Waals surface area contributed by atoms with Crippen molar-refractivity contribution in [1.29, 1.82) is 0 Å². The van der Waals surface area contributed by atoms with Crippen molar-refractivity contribution in [3.05, 3.63) is 131 Å². The van der Waals surface area contributed by atoms with E-state index in [4.69, 9.17) is 22.7 Å². The minimum atomic E-state index is -0.344. The Morgan fingerprint density at radius 2 is 1.70 bits per heavy atom. The average molecular weight is 507 g/mol. The first-order chi connectivity index (χ1) is 18.0. The highest BCUT2D eigenvalue weighted by Gasteiger charge is 2.23. The van der Waals surface area contributed by atoms with E-state index in [1.165, 1.54) is 0 Å². The number of methoxy groups -OCH3 is 1. The number of carbonyl (C=O) groups is 1. The topological polar surface area (TPSA) is 82.2 Å². The lowest BCUT2D eigenvalue weighted by molar-refractivity contribution is 0.0934. The van der Waals surface area contributed by atoms with Gasteiger partial charge in [0.1, 0.15) is 16.4 Å². The van der Waals surface area contributed by atoms with Crippen molar-refractivity contribution >= 4 is 34.0 Å². The van der Waals surface area contributed by atoms with Gasteiger partial charge in [0.25, 0.3) is 5.91 Å². The largest absolute Gasteiger partial charge is 0.496 e. The maximum Gasteiger partial charge on any atom is 0.268 e. The van der Waals surface area contributed by atoms with E-state index in [1.807, 2.05) is 95.6 Å². The lowest BCUT2D eigenvalue weighted by Gasteiger charge is -2.20. The third-order valence-corrected chi connectivity index (χ3v) is 6.59. The second-order valence-corrected chi connectivity index (χ2v) is 9.11. The summed E-state index contributed by atoms with van der Waals surface area (Å²) in [6.45, 7) is 0.459. The van der Waals surface area contributed by atoms with Gasteiger partial charge in [-0.2, -0.15) is 0 Å². The van der Waals surface area contributed by atoms with Crippen LogP contribution in [-0.2, 0) is 6.54 Å². The highest BCUT2D eigenvalue weighted by Crippen LogP contribution is 2.30. The zero-order chi connectivity index (χ0) is 25.8. The molecule has 5 rings (SSSR count). The van der Waals surface area contributed by atoms with Crippen molar-refractivity contribution in [3.8, 4) is 5.75 Å². The van der Waals surface area contributed by atoms with Crippen molar-refractivity contribution in [2.45, 2.75) is 12.6 Å². The van der Waals surface area contributed by atoms with E-state index >= 15 is 0 Å². The van der Waals surface area contributed by atoms with Gasteiger partial charge in [0.15, 0.2) is 0 Å². The molecule has 1 unspecified atom stereocenters. The highest BCUT2D eigenvalue weighted by molar-refractivity contribution is 7.80. The van der Waals surface area contributed by atoms with E-state index in [9.17, 15) is 4.79 Å². The highest BCUT2D eigenvalue weighted by atomic mass is 32.1. The lowest BCUT2D eigenvalue weighted by Crippen LogP contribution is -2.31. The first-order valence-electron chi connectivity index (χ1n) is 11.9. The molecule has 0 aliphatic heterocycles. The minimum absolute atomic E-state index is 0.200. The average Bonchev–Trinajstić information content (AvgIpc) is 3.31. The van der Waals surface area contributed by atoms with Crippen LogP contribution in [0.25, 0.3) is 10.9 Å². The number of carbonyl (C=O) groups excluding carboxylic acids is 1. The number of nitrogens with one attached hydrogen (secondary N) is 1. The number of ether oxygens (including phenoxy) is 1. The Morgan fingerprint density at radius 1 is 0.973 bits per heavy atom. The molecule has 7 heteroatoms. The fourth-order valence-electron chi connectivity index (χ4n) is 4.56. The second kappa shape index (κ2) is 10.6. The monoisotopic (exact) mass is 506 g/mol. The van der Waals surface area contributed by atoms with Crippen LogP contribution >= 0.6 is 12.2 Å². The zero-order valence-corrected chi connectivity index (χ0v) is 21.1. The van der Waals surface area contributed by atoms with Gasteiger partial charge in [0, 0.05) is 29.9 Å². The fourth-order valence-corrected chi connectivity index (χ4v) is 4.69. The molecule has 2 heterocycles. The van der Waals surface area contributed by atoms with Crippen molar-refractivity contribution in [3.63, 3.8) is 0 Å². The summed E-state index contributed by atoms with van der Waals surface area (Å²) in [7, 11) is 1.63. The van der Waals surface area contributed by atoms with Gasteiger partial charge in [-0.15, -0.1) is 0 Å². The first kappa shape index (κ1) is 24.2. The Labute approximate surface area is 220 Å². The molecule has 0 fully saturated rings. The van der Waals surface area contributed by atoms with Gasteiger partial charge in [-0.25, -0.2) is 0 Å². The molecule has 1 amide bonds. The predicted octanol–water partition coefficient (Wildman–Crippen LogP) is 5.25. The molecule has 0 saturated carbocycles. The molecule has 2 aromatic heterocycles. The maximum atomic E-state index is 13.9. The fraction of sp³-hybridized carbons (Fsp3) is 0.100. The number of nitrogens with two attached hydrogens (primary N) is 1. The summed E-state index contributed by atoms with van der Waals surface area (Å²) >= 11 is 5.17. The lowest BCUT2D eigenvalue weighted by atomic mass is 9.99. The van der Waals surface area contributed by atoms with Crippen LogP contribution in [-0.4, -0.2) is 27.6 Å². The SMILES string of the molecule is COc1cccc2c1cc(C(=O)NC(c1ccccc1)c1ccncc1)n2Cc1cccc(C(N)=S)c1. The number of fused-ring (bicyclic) bond motifs is 1. The third-order valence-electron chi connectivity index (χ3n) is 6.36. The molecular formula is C30H26N4O2S. The number of benzene rings is 3. The van der Waals surface area contributed by atoms with Crippen molar-refractivity contribution in [2.24, 2.45) is 5.73 Å². The number of pyridine rings is 1. The van der Waals surface area contributed by atoms with E-state index in [0.717, 1.165) is 33.2 Å². The smallest absolute Gasteiger partial charge is 0.268 e. The van der Waals surface area contributed by atoms with Gasteiger partial charge in [-0.05, 0) is 53.1 Å². The Morgan fingerprint density at radius 3 is 2.43 bits per heavy atom. The van der Waals surface area contributed by atoms with E-state index in [-0.39, 0.29) is 11.9 Å². The summed E-state index contributed by atoms with van der Waals surface area (Å²) in [5, 5.41) is 4.11. The van der Waals surface area contributed by atoms with Gasteiger partial charge >= 0.3 is 0 Å². The van der Waals surface area contributed by atoms with Crippen LogP contribution in [0.3, 0.4) is 0 Å². The predicted molar refractivity (Wildman–Crippen MR) is 150 cm³/mol. The van der Waals surface area contributed by atoms with Crippen LogP contribution in [0.15, 0.2) is 103 Å². The van der Waals surface area contributed by atoms with Gasteiger partial charge in [0.05, 0.1) is 18.7 Å². The van der Waals surface area contributed by atoms with E-state index in [2.05, 4.69) is 10.3 Å². The number of amides is 1. The maximum absolute atomic E-state index is 13.9. The molecule has 0 aliphatic carbocycles. The normalized spacial score (nSPS) is 11.7. The van der Waals surface area contributed by atoms with Crippen LogP contribution in [0.5, 0.6) is 5.75 Å². The van der Waals surface area contributed by atoms with Gasteiger partial charge in [0.2, 0.25) is 0 Å². The van der Waals surface area contributed by atoms with Crippen molar-refractivity contribution in [2.75, 3.05) is 7.11 Å². The van der Waals surface area contributed by atoms with Crippen LogP contribution < -0.4 is 15.8 Å². The molecule has 37 heavy (non-hydrogen) atoms. The number of aromatic nitrogens is 2. The molecule has 184 valence electrons. The van der Waals surface area contributed by atoms with Gasteiger partial charge < -0.3 is 20.4 Å². The Kier molecular flexibility index (Phi) is 6.96. The number of thiocarbonyl (C=S) groups is 1. The molecule has 5 aromatic rings. The summed E-state index contributed by atoms with van der Waals surface area (Å²) in [5.41, 5.74) is 11.0. The van der Waals surface area contributed by atoms with Crippen molar-refractivity contribution < 1.29 is 9.53 Å². The Bertz CT molecular complexity index is 1530. The molecule has 0 spiro atoms. The molecule has 3 N–H and O–H groups in total. The molecule has 0 radical (unpaired) electrons. The van der Waals surface area contributed by atoms with E-state index < -0.39 is 0 Å². The van der Waals surface area contributed by atoms with E-state index in [1.54, 1.807) is 19.5 Å². The third kappa shape index (κ3) is 5.08. The van der Waals surface area contributed by atoms with Crippen LogP contribution in [0.4, 0.5) is 0 Å². The molecule has 0 saturated heterocycles. The minimum Gasteiger partial charge on any atom is -0.496 e. The molecule has 6 nitrogen and oxygen atoms in total. The van der Waals surface area contributed by atoms with Crippen LogP contribution in [0, 0.1) is 0 Å². The number of hydrogen-bond acceptors (Lipinski definition) is 4. The van der Waals surface area contributed by atoms with Crippen LogP contribution in [0.1, 0.15) is 38.8 Å². The van der Waals surface area contributed by atoms with Crippen molar-refractivity contribution in [1.82, 2.24) is 14.9 Å². The van der Waals surface area contributed by atoms with Gasteiger partial charge in [-0.3, -0.25) is 9.78 Å². The Hall–Kier alpha value is -4.49. The molecule has 3 aromatic carbocycles. The quantitative estimate of drug-likeness (QED) is 0.281. The summed E-state index contributed by atoms with van der Waals surface area (Å²) < 4.78 is 7.61. The second-order valence-electron chi connectivity index (χ2n) is 8.67. The standard InChI is InChI=1S/C30H26N4O2S/c1-36-27-12-6-11-25-24(27)18-26(34(25)19-20-7-5-10-23(17-20)29(31)37)30(35)33-28(21-8-3-2-4-9-21)22-13-15-32-16-14-22/h2-18,28H,19H2,1H3,(H2,31,37)(H,33,35). The number of nitrogens with zero attached hydrogens (tertiary/aromatic N) is 2. The molecule has 0 aliphatic rings. The molecule has 0 bridgehead atoms.